The lowest BCUT2D eigenvalue weighted by Crippen LogP contribution is -2.37. The number of hydrazine groups is 2. The van der Waals surface area contributed by atoms with Crippen LogP contribution in [0.2, 0.25) is 0 Å². The summed E-state index contributed by atoms with van der Waals surface area (Å²) in [6, 6.07) is 7.22. The number of hydrogen-bond donors (Lipinski definition) is 3. The minimum absolute atomic E-state index is 0.199. The Balaban J connectivity index is 1.78. The molecule has 0 spiro atoms. The molecule has 0 saturated carbocycles. The largest absolute Gasteiger partial charge is 0.508 e. The van der Waals surface area contributed by atoms with Crippen molar-refractivity contribution >= 4 is 5.78 Å². The number of phenolic OH excluding ortho intramolecular Hbond substituents is 1. The van der Waals surface area contributed by atoms with E-state index in [0.29, 0.717) is 6.42 Å². The molecule has 0 aliphatic carbocycles. The van der Waals surface area contributed by atoms with Crippen LogP contribution >= 0.6 is 0 Å². The Kier molecular flexibility index (Phi) is 4.41. The molecule has 3 N–H and O–H groups in total. The van der Waals surface area contributed by atoms with Crippen LogP contribution < -0.4 is 11.0 Å². The Morgan fingerprint density at radius 1 is 1.26 bits per heavy atom. The summed E-state index contributed by atoms with van der Waals surface area (Å²) >= 11 is 0. The second-order valence-electron chi connectivity index (χ2n) is 4.70. The molecule has 1 aromatic carbocycles. The van der Waals surface area contributed by atoms with Crippen LogP contribution in [0.3, 0.4) is 0 Å². The number of phenols is 1. The number of carbonyl (C=O) groups is 1. The van der Waals surface area contributed by atoms with Gasteiger partial charge in [-0.25, -0.2) is 0 Å². The fourth-order valence-corrected chi connectivity index (χ4v) is 1.87. The topological polar surface area (TPSA) is 64.6 Å². The first kappa shape index (κ1) is 13.4. The van der Waals surface area contributed by atoms with E-state index in [1.54, 1.807) is 19.1 Å². The maximum atomic E-state index is 10.9. The van der Waals surface area contributed by atoms with Gasteiger partial charge in [0.15, 0.2) is 0 Å². The van der Waals surface area contributed by atoms with Gasteiger partial charge in [-0.05, 0) is 37.5 Å². The second kappa shape index (κ2) is 6.24. The minimum atomic E-state index is 0.199. The molecule has 0 amide bonds. The highest BCUT2D eigenvalue weighted by Gasteiger charge is 2.11. The van der Waals surface area contributed by atoms with Gasteiger partial charge in [0.05, 0.1) is 0 Å². The van der Waals surface area contributed by atoms with Gasteiger partial charge in [0.25, 0.3) is 0 Å². The van der Waals surface area contributed by atoms with Gasteiger partial charge in [-0.3, -0.25) is 5.01 Å². The summed E-state index contributed by atoms with van der Waals surface area (Å²) in [4.78, 5) is 10.9. The van der Waals surface area contributed by atoms with E-state index >= 15 is 0 Å². The molecule has 1 aliphatic rings. The first-order valence-electron chi connectivity index (χ1n) is 6.40. The molecule has 0 saturated heterocycles. The number of carbonyl (C=O) groups excluding carboxylic acids is 1. The molecule has 1 aliphatic heterocycles. The molecule has 0 unspecified atom stereocenters. The lowest BCUT2D eigenvalue weighted by atomic mass is 10.1. The second-order valence-corrected chi connectivity index (χ2v) is 4.70. The Hall–Kier alpha value is -2.01. The van der Waals surface area contributed by atoms with Gasteiger partial charge in [-0.15, -0.1) is 5.53 Å². The van der Waals surface area contributed by atoms with Crippen molar-refractivity contribution in [1.82, 2.24) is 16.0 Å². The number of hydrogen-bond acceptors (Lipinski definition) is 5. The van der Waals surface area contributed by atoms with Crippen LogP contribution in [0.5, 0.6) is 5.75 Å². The lowest BCUT2D eigenvalue weighted by Gasteiger charge is -2.14. The number of benzene rings is 1. The van der Waals surface area contributed by atoms with Crippen molar-refractivity contribution in [2.45, 2.75) is 26.2 Å². The van der Waals surface area contributed by atoms with Gasteiger partial charge < -0.3 is 15.3 Å². The number of Topliss-reactive ketones (excluding diaryl/α,β-unsaturated/α-hetero) is 1. The van der Waals surface area contributed by atoms with Gasteiger partial charge in [0.2, 0.25) is 0 Å². The highest BCUT2D eigenvalue weighted by molar-refractivity contribution is 5.75. The third-order valence-electron chi connectivity index (χ3n) is 3.00. The van der Waals surface area contributed by atoms with Gasteiger partial charge in [-0.2, -0.15) is 0 Å². The fourth-order valence-electron chi connectivity index (χ4n) is 1.87. The van der Waals surface area contributed by atoms with Crippen molar-refractivity contribution < 1.29 is 9.90 Å². The number of nitrogens with zero attached hydrogens (tertiary/aromatic N) is 1. The van der Waals surface area contributed by atoms with Crippen LogP contribution in [-0.2, 0) is 11.2 Å². The third kappa shape index (κ3) is 4.30. The number of aromatic hydroxyl groups is 1. The molecule has 0 atom stereocenters. The Labute approximate surface area is 112 Å². The zero-order chi connectivity index (χ0) is 13.7. The maximum absolute atomic E-state index is 10.9. The van der Waals surface area contributed by atoms with Crippen LogP contribution in [0, 0.1) is 0 Å². The van der Waals surface area contributed by atoms with E-state index < -0.39 is 0 Å². The highest BCUT2D eigenvalue weighted by atomic mass is 16.3. The van der Waals surface area contributed by atoms with Crippen molar-refractivity contribution in [2.24, 2.45) is 0 Å². The van der Waals surface area contributed by atoms with E-state index in [4.69, 9.17) is 0 Å². The van der Waals surface area contributed by atoms with E-state index in [2.05, 4.69) is 11.0 Å². The van der Waals surface area contributed by atoms with Crippen molar-refractivity contribution in [3.63, 3.8) is 0 Å². The smallest absolute Gasteiger partial charge is 0.130 e. The monoisotopic (exact) mass is 261 g/mol. The summed E-state index contributed by atoms with van der Waals surface area (Å²) in [5, 5.41) is 11.2. The zero-order valence-corrected chi connectivity index (χ0v) is 11.0. The summed E-state index contributed by atoms with van der Waals surface area (Å²) in [6.07, 6.45) is 4.17. The van der Waals surface area contributed by atoms with Crippen molar-refractivity contribution in [1.29, 1.82) is 0 Å². The van der Waals surface area contributed by atoms with Gasteiger partial charge in [-0.1, -0.05) is 12.1 Å². The molecule has 0 fully saturated rings. The van der Waals surface area contributed by atoms with E-state index in [1.165, 1.54) is 5.56 Å². The molecule has 2 rings (SSSR count). The Morgan fingerprint density at radius 3 is 2.68 bits per heavy atom. The minimum Gasteiger partial charge on any atom is -0.508 e. The number of allylic oxidation sites excluding steroid dienone is 1. The van der Waals surface area contributed by atoms with Gasteiger partial charge in [0, 0.05) is 24.9 Å². The molecule has 19 heavy (non-hydrogen) atoms. The van der Waals surface area contributed by atoms with Crippen LogP contribution in [0.15, 0.2) is 36.2 Å². The van der Waals surface area contributed by atoms with Crippen LogP contribution in [0.1, 0.15) is 25.3 Å². The number of rotatable bonds is 6. The first-order chi connectivity index (χ1) is 9.13. The van der Waals surface area contributed by atoms with Crippen LogP contribution in [0.25, 0.3) is 0 Å². The Bertz CT molecular complexity index is 468. The average molecular weight is 261 g/mol. The molecular formula is C14H19N3O2. The zero-order valence-electron chi connectivity index (χ0n) is 11.0. The molecule has 0 aromatic heterocycles. The van der Waals surface area contributed by atoms with E-state index in [9.17, 15) is 9.90 Å². The van der Waals surface area contributed by atoms with Crippen molar-refractivity contribution in [3.05, 3.63) is 41.7 Å². The molecule has 1 heterocycles. The predicted molar refractivity (Wildman–Crippen MR) is 72.8 cm³/mol. The van der Waals surface area contributed by atoms with E-state index in [-0.39, 0.29) is 11.5 Å². The fraction of sp³-hybridized carbons (Fsp3) is 0.357. The number of nitrogens with one attached hydrogen (secondary N) is 2. The molecule has 0 bridgehead atoms. The summed E-state index contributed by atoms with van der Waals surface area (Å²) in [7, 11) is 0. The summed E-state index contributed by atoms with van der Waals surface area (Å²) < 4.78 is 0. The van der Waals surface area contributed by atoms with Crippen molar-refractivity contribution in [3.8, 4) is 5.75 Å². The molecule has 0 radical (unpaired) electrons. The summed E-state index contributed by atoms with van der Waals surface area (Å²) in [5.41, 5.74) is 8.29. The summed E-state index contributed by atoms with van der Waals surface area (Å²) in [5.74, 6) is 0.487. The molecule has 5 heteroatoms. The molecule has 5 nitrogen and oxygen atoms in total. The van der Waals surface area contributed by atoms with Crippen molar-refractivity contribution in [2.75, 3.05) is 6.54 Å². The normalized spacial score (nSPS) is 14.2. The van der Waals surface area contributed by atoms with E-state index in [0.717, 1.165) is 25.1 Å². The van der Waals surface area contributed by atoms with E-state index in [1.807, 2.05) is 23.3 Å². The highest BCUT2D eigenvalue weighted by Crippen LogP contribution is 2.12. The van der Waals surface area contributed by atoms with Crippen LogP contribution in [0.4, 0.5) is 0 Å². The average Bonchev–Trinajstić information content (AvgIpc) is 2.84. The maximum Gasteiger partial charge on any atom is 0.130 e. The van der Waals surface area contributed by atoms with Crippen LogP contribution in [-0.4, -0.2) is 22.4 Å². The van der Waals surface area contributed by atoms with Gasteiger partial charge in [0.1, 0.15) is 11.5 Å². The Morgan fingerprint density at radius 2 is 2.00 bits per heavy atom. The lowest BCUT2D eigenvalue weighted by molar-refractivity contribution is -0.116. The quantitative estimate of drug-likeness (QED) is 0.723. The predicted octanol–water partition coefficient (Wildman–Crippen LogP) is 1.47. The standard InChI is InChI=1S/C14H19N3O2/c1-11(18)2-5-13-10-17(16-15-13)9-8-12-3-6-14(19)7-4-12/h3-4,6-7,10,15-16,19H,2,5,8-9H2,1H3. The molecule has 102 valence electrons. The first-order valence-corrected chi connectivity index (χ1v) is 6.40. The molecule has 1 aromatic rings. The van der Waals surface area contributed by atoms with Gasteiger partial charge >= 0.3 is 0 Å². The number of ketones is 1. The third-order valence-corrected chi connectivity index (χ3v) is 3.00. The molecular weight excluding hydrogens is 242 g/mol. The summed E-state index contributed by atoms with van der Waals surface area (Å²) in [6.45, 7) is 2.42. The SMILES string of the molecule is CC(=O)CCC1=CN(CCc2ccc(O)cc2)NN1.